The van der Waals surface area contributed by atoms with Crippen molar-refractivity contribution in [1.29, 1.82) is 0 Å². The highest BCUT2D eigenvalue weighted by Gasteiger charge is 2.22. The summed E-state index contributed by atoms with van der Waals surface area (Å²) in [6.07, 6.45) is 4.18. The van der Waals surface area contributed by atoms with Gasteiger partial charge in [0.05, 0.1) is 11.2 Å². The Morgan fingerprint density at radius 3 is 2.85 bits per heavy atom. The van der Waals surface area contributed by atoms with Crippen LogP contribution in [0.3, 0.4) is 0 Å². The minimum atomic E-state index is 0.835. The third kappa shape index (κ3) is 1.92. The van der Waals surface area contributed by atoms with Gasteiger partial charge in [0.1, 0.15) is 0 Å². The quantitative estimate of drug-likeness (QED) is 0.738. The molecule has 1 aromatic heterocycles. The predicted molar refractivity (Wildman–Crippen MR) is 56.0 cm³/mol. The summed E-state index contributed by atoms with van der Waals surface area (Å²) in [5.74, 6) is 0. The molecule has 2 rings (SSSR count). The highest BCUT2D eigenvalue weighted by Crippen LogP contribution is 2.26. The van der Waals surface area contributed by atoms with E-state index in [4.69, 9.17) is 0 Å². The molecule has 13 heavy (non-hydrogen) atoms. The third-order valence-electron chi connectivity index (χ3n) is 2.94. The van der Waals surface area contributed by atoms with E-state index in [0.29, 0.717) is 0 Å². The Balaban J connectivity index is 1.93. The van der Waals surface area contributed by atoms with Gasteiger partial charge in [-0.15, -0.1) is 11.3 Å². The molecule has 1 aliphatic rings. The van der Waals surface area contributed by atoms with Crippen LogP contribution in [0.4, 0.5) is 0 Å². The van der Waals surface area contributed by atoms with E-state index in [9.17, 15) is 0 Å². The van der Waals surface area contributed by atoms with Crippen LogP contribution in [-0.2, 0) is 6.54 Å². The Morgan fingerprint density at radius 1 is 1.62 bits per heavy atom. The van der Waals surface area contributed by atoms with Crippen LogP contribution >= 0.6 is 11.3 Å². The van der Waals surface area contributed by atoms with Gasteiger partial charge in [0.25, 0.3) is 0 Å². The van der Waals surface area contributed by atoms with Gasteiger partial charge in [0.15, 0.2) is 0 Å². The highest BCUT2D eigenvalue weighted by molar-refractivity contribution is 7.09. The number of aryl methyl sites for hydroxylation is 1. The van der Waals surface area contributed by atoms with Crippen molar-refractivity contribution in [2.75, 3.05) is 7.05 Å². The van der Waals surface area contributed by atoms with E-state index in [2.05, 4.69) is 23.9 Å². The fourth-order valence-corrected chi connectivity index (χ4v) is 2.50. The molecule has 3 heteroatoms. The maximum absolute atomic E-state index is 4.26. The zero-order valence-electron chi connectivity index (χ0n) is 8.29. The van der Waals surface area contributed by atoms with Gasteiger partial charge in [-0.25, -0.2) is 4.98 Å². The number of hydrogen-bond acceptors (Lipinski definition) is 3. The van der Waals surface area contributed by atoms with Gasteiger partial charge in [0.2, 0.25) is 0 Å². The largest absolute Gasteiger partial charge is 0.298 e. The van der Waals surface area contributed by atoms with Gasteiger partial charge in [-0.1, -0.05) is 6.42 Å². The van der Waals surface area contributed by atoms with E-state index in [-0.39, 0.29) is 0 Å². The number of aromatic nitrogens is 1. The molecule has 1 aromatic rings. The summed E-state index contributed by atoms with van der Waals surface area (Å²) in [6.45, 7) is 3.18. The topological polar surface area (TPSA) is 16.1 Å². The van der Waals surface area contributed by atoms with Crippen LogP contribution in [-0.4, -0.2) is 23.0 Å². The van der Waals surface area contributed by atoms with Crippen molar-refractivity contribution in [3.05, 3.63) is 16.1 Å². The van der Waals surface area contributed by atoms with Crippen molar-refractivity contribution in [3.8, 4) is 0 Å². The zero-order valence-corrected chi connectivity index (χ0v) is 9.10. The Labute approximate surface area is 83.6 Å². The summed E-state index contributed by atoms with van der Waals surface area (Å²) in [5.41, 5.74) is 3.15. The normalized spacial score (nSPS) is 17.8. The summed E-state index contributed by atoms with van der Waals surface area (Å²) in [7, 11) is 2.23. The lowest BCUT2D eigenvalue weighted by Gasteiger charge is -2.34. The molecule has 72 valence electrons. The lowest BCUT2D eigenvalue weighted by molar-refractivity contribution is 0.153. The van der Waals surface area contributed by atoms with Gasteiger partial charge in [0, 0.05) is 17.5 Å². The molecule has 1 fully saturated rings. The molecule has 1 heterocycles. The second-order valence-corrected chi connectivity index (χ2v) is 4.80. The first-order valence-electron chi connectivity index (χ1n) is 4.86. The average molecular weight is 196 g/mol. The Bertz CT molecular complexity index is 278. The SMILES string of the molecule is Cc1ncsc1CN(C)C1CCC1. The summed E-state index contributed by atoms with van der Waals surface area (Å²) in [4.78, 5) is 8.15. The second kappa shape index (κ2) is 3.76. The standard InChI is InChI=1S/C10H16N2S/c1-8-10(13-7-11-8)6-12(2)9-4-3-5-9/h7,9H,3-6H2,1-2H3. The monoisotopic (exact) mass is 196 g/mol. The predicted octanol–water partition coefficient (Wildman–Crippen LogP) is 2.44. The molecule has 0 spiro atoms. The first kappa shape index (κ1) is 9.16. The summed E-state index contributed by atoms with van der Waals surface area (Å²) in [5, 5.41) is 0. The molecule has 0 aliphatic heterocycles. The molecule has 0 bridgehead atoms. The molecule has 0 N–H and O–H groups in total. The van der Waals surface area contributed by atoms with Crippen LogP contribution in [0.2, 0.25) is 0 Å². The highest BCUT2D eigenvalue weighted by atomic mass is 32.1. The van der Waals surface area contributed by atoms with Crippen molar-refractivity contribution in [3.63, 3.8) is 0 Å². The van der Waals surface area contributed by atoms with E-state index in [1.54, 1.807) is 11.3 Å². The summed E-state index contributed by atoms with van der Waals surface area (Å²) >= 11 is 1.78. The smallest absolute Gasteiger partial charge is 0.0798 e. The minimum absolute atomic E-state index is 0.835. The molecular formula is C10H16N2S. The first-order valence-corrected chi connectivity index (χ1v) is 5.74. The minimum Gasteiger partial charge on any atom is -0.298 e. The molecule has 0 saturated heterocycles. The van der Waals surface area contributed by atoms with Crippen molar-refractivity contribution in [1.82, 2.24) is 9.88 Å². The van der Waals surface area contributed by atoms with Gasteiger partial charge in [-0.3, -0.25) is 4.90 Å². The lowest BCUT2D eigenvalue weighted by Crippen LogP contribution is -2.36. The Kier molecular flexibility index (Phi) is 2.65. The van der Waals surface area contributed by atoms with Crippen molar-refractivity contribution in [2.24, 2.45) is 0 Å². The molecular weight excluding hydrogens is 180 g/mol. The van der Waals surface area contributed by atoms with Crippen LogP contribution in [0.25, 0.3) is 0 Å². The molecule has 1 aliphatic carbocycles. The van der Waals surface area contributed by atoms with E-state index in [1.807, 2.05) is 5.51 Å². The van der Waals surface area contributed by atoms with Crippen molar-refractivity contribution in [2.45, 2.75) is 38.8 Å². The maximum Gasteiger partial charge on any atom is 0.0798 e. The van der Waals surface area contributed by atoms with Crippen LogP contribution in [0, 0.1) is 6.92 Å². The molecule has 0 aromatic carbocycles. The van der Waals surface area contributed by atoms with E-state index in [1.165, 1.54) is 29.8 Å². The van der Waals surface area contributed by atoms with Gasteiger partial charge < -0.3 is 0 Å². The molecule has 2 nitrogen and oxygen atoms in total. The average Bonchev–Trinajstić information content (AvgIpc) is 2.32. The van der Waals surface area contributed by atoms with E-state index < -0.39 is 0 Å². The lowest BCUT2D eigenvalue weighted by atomic mass is 9.92. The van der Waals surface area contributed by atoms with Crippen LogP contribution in [0.1, 0.15) is 29.8 Å². The molecule has 0 radical (unpaired) electrons. The first-order chi connectivity index (χ1) is 6.27. The van der Waals surface area contributed by atoms with Crippen LogP contribution in [0.5, 0.6) is 0 Å². The second-order valence-electron chi connectivity index (χ2n) is 3.86. The third-order valence-corrected chi connectivity index (χ3v) is 3.86. The van der Waals surface area contributed by atoms with Gasteiger partial charge in [-0.2, -0.15) is 0 Å². The summed E-state index contributed by atoms with van der Waals surface area (Å²) < 4.78 is 0. The molecule has 0 unspecified atom stereocenters. The van der Waals surface area contributed by atoms with E-state index >= 15 is 0 Å². The van der Waals surface area contributed by atoms with Crippen molar-refractivity contribution >= 4 is 11.3 Å². The van der Waals surface area contributed by atoms with Gasteiger partial charge >= 0.3 is 0 Å². The molecule has 1 saturated carbocycles. The zero-order chi connectivity index (χ0) is 9.26. The number of rotatable bonds is 3. The Hall–Kier alpha value is -0.410. The van der Waals surface area contributed by atoms with Crippen molar-refractivity contribution < 1.29 is 0 Å². The molecule has 0 atom stereocenters. The van der Waals surface area contributed by atoms with Crippen LogP contribution < -0.4 is 0 Å². The number of thiazole rings is 1. The fourth-order valence-electron chi connectivity index (χ4n) is 1.66. The Morgan fingerprint density at radius 2 is 2.38 bits per heavy atom. The summed E-state index contributed by atoms with van der Waals surface area (Å²) in [6, 6.07) is 0.835. The maximum atomic E-state index is 4.26. The fraction of sp³-hybridized carbons (Fsp3) is 0.700. The number of nitrogens with zero attached hydrogens (tertiary/aromatic N) is 2. The van der Waals surface area contributed by atoms with Gasteiger partial charge in [-0.05, 0) is 26.8 Å². The molecule has 0 amide bonds. The van der Waals surface area contributed by atoms with Crippen LogP contribution in [0.15, 0.2) is 5.51 Å². The number of hydrogen-bond donors (Lipinski definition) is 0. The van der Waals surface area contributed by atoms with E-state index in [0.717, 1.165) is 12.6 Å².